The number of nitrogens with zero attached hydrogens (tertiary/aromatic N) is 1. The highest BCUT2D eigenvalue weighted by molar-refractivity contribution is 6.08. The highest BCUT2D eigenvalue weighted by Crippen LogP contribution is 2.41. The van der Waals surface area contributed by atoms with Gasteiger partial charge < -0.3 is 19.1 Å². The first kappa shape index (κ1) is 14.9. The number of hydrogen-bond donors (Lipinski definition) is 0. The monoisotopic (exact) mass is 325 g/mol. The summed E-state index contributed by atoms with van der Waals surface area (Å²) in [5.74, 6) is 1.60. The Hall–Kier alpha value is -2.69. The van der Waals surface area contributed by atoms with Gasteiger partial charge in [0.25, 0.3) is 5.91 Å². The third kappa shape index (κ3) is 2.28. The second-order valence-electron chi connectivity index (χ2n) is 6.06. The number of amides is 1. The van der Waals surface area contributed by atoms with Gasteiger partial charge in [0.1, 0.15) is 13.2 Å². The molecule has 2 heterocycles. The molecule has 24 heavy (non-hydrogen) atoms. The minimum Gasteiger partial charge on any atom is -0.493 e. The Labute approximate surface area is 140 Å². The zero-order valence-corrected chi connectivity index (χ0v) is 13.7. The molecule has 0 spiro atoms. The van der Waals surface area contributed by atoms with Crippen LogP contribution >= 0.6 is 0 Å². The molecular formula is C19H19NO4. The van der Waals surface area contributed by atoms with E-state index in [1.807, 2.05) is 23.1 Å². The largest absolute Gasteiger partial charge is 0.493 e. The lowest BCUT2D eigenvalue weighted by molar-refractivity contribution is 0.0979. The van der Waals surface area contributed by atoms with Crippen LogP contribution < -0.4 is 19.1 Å². The highest BCUT2D eigenvalue weighted by atomic mass is 16.6. The number of methoxy groups -OCH3 is 1. The van der Waals surface area contributed by atoms with Crippen LogP contribution in [0.1, 0.15) is 22.8 Å². The molecule has 0 saturated heterocycles. The molecule has 2 aliphatic heterocycles. The molecule has 0 bridgehead atoms. The molecule has 2 aliphatic rings. The molecule has 0 N–H and O–H groups in total. The second-order valence-corrected chi connectivity index (χ2v) is 6.06. The normalized spacial score (nSPS) is 18.2. The molecule has 1 atom stereocenters. The van der Waals surface area contributed by atoms with Crippen LogP contribution in [0.25, 0.3) is 0 Å². The lowest BCUT2D eigenvalue weighted by Crippen LogP contribution is -2.35. The first-order chi connectivity index (χ1) is 11.7. The van der Waals surface area contributed by atoms with E-state index in [1.54, 1.807) is 19.2 Å². The van der Waals surface area contributed by atoms with Crippen molar-refractivity contribution in [2.45, 2.75) is 19.4 Å². The molecule has 1 unspecified atom stereocenters. The maximum atomic E-state index is 13.1. The van der Waals surface area contributed by atoms with E-state index >= 15 is 0 Å². The maximum Gasteiger partial charge on any atom is 0.258 e. The Kier molecular flexibility index (Phi) is 3.56. The van der Waals surface area contributed by atoms with Gasteiger partial charge in [-0.25, -0.2) is 0 Å². The summed E-state index contributed by atoms with van der Waals surface area (Å²) >= 11 is 0. The van der Waals surface area contributed by atoms with E-state index in [4.69, 9.17) is 14.2 Å². The van der Waals surface area contributed by atoms with Crippen LogP contribution in [0, 0.1) is 0 Å². The summed E-state index contributed by atoms with van der Waals surface area (Å²) in [5, 5.41) is 0. The number of benzene rings is 2. The minimum atomic E-state index is -0.0530. The van der Waals surface area contributed by atoms with Gasteiger partial charge in [0.15, 0.2) is 11.5 Å². The summed E-state index contributed by atoms with van der Waals surface area (Å²) in [6.07, 6.45) is 0.865. The minimum absolute atomic E-state index is 0.0530. The van der Waals surface area contributed by atoms with Gasteiger partial charge in [-0.2, -0.15) is 0 Å². The molecule has 0 fully saturated rings. The van der Waals surface area contributed by atoms with Crippen molar-refractivity contribution in [1.82, 2.24) is 0 Å². The van der Waals surface area contributed by atoms with Crippen LogP contribution in [0.3, 0.4) is 0 Å². The Morgan fingerprint density at radius 1 is 1.21 bits per heavy atom. The van der Waals surface area contributed by atoms with Gasteiger partial charge in [-0.05, 0) is 37.1 Å². The quantitative estimate of drug-likeness (QED) is 0.851. The summed E-state index contributed by atoms with van der Waals surface area (Å²) in [7, 11) is 1.57. The first-order valence-corrected chi connectivity index (χ1v) is 8.08. The van der Waals surface area contributed by atoms with Gasteiger partial charge in [0.2, 0.25) is 5.75 Å². The fraction of sp³-hybridized carbons (Fsp3) is 0.316. The van der Waals surface area contributed by atoms with Crippen LogP contribution in [0.5, 0.6) is 17.2 Å². The van der Waals surface area contributed by atoms with E-state index in [9.17, 15) is 4.79 Å². The predicted octanol–water partition coefficient (Wildman–Crippen LogP) is 3.06. The SMILES string of the molecule is COc1cc(C(=O)N2c3ccccc3CC2C)cc2c1OCCO2. The van der Waals surface area contributed by atoms with Crippen molar-refractivity contribution in [2.24, 2.45) is 0 Å². The van der Waals surface area contributed by atoms with Gasteiger partial charge >= 0.3 is 0 Å². The van der Waals surface area contributed by atoms with Crippen molar-refractivity contribution in [3.8, 4) is 17.2 Å². The molecule has 5 heteroatoms. The van der Waals surface area contributed by atoms with Crippen LogP contribution in [-0.4, -0.2) is 32.3 Å². The van der Waals surface area contributed by atoms with Crippen molar-refractivity contribution in [3.63, 3.8) is 0 Å². The van der Waals surface area contributed by atoms with Crippen molar-refractivity contribution in [2.75, 3.05) is 25.2 Å². The molecule has 2 aromatic rings. The fourth-order valence-electron chi connectivity index (χ4n) is 3.41. The first-order valence-electron chi connectivity index (χ1n) is 8.08. The topological polar surface area (TPSA) is 48.0 Å². The molecule has 0 aromatic heterocycles. The lowest BCUT2D eigenvalue weighted by Gasteiger charge is -2.25. The van der Waals surface area contributed by atoms with E-state index in [0.717, 1.165) is 12.1 Å². The van der Waals surface area contributed by atoms with Gasteiger partial charge in [-0.15, -0.1) is 0 Å². The second kappa shape index (κ2) is 5.74. The molecule has 0 saturated carbocycles. The smallest absolute Gasteiger partial charge is 0.258 e. The average Bonchev–Trinajstić information content (AvgIpc) is 2.95. The van der Waals surface area contributed by atoms with E-state index in [-0.39, 0.29) is 11.9 Å². The molecule has 2 aromatic carbocycles. The van der Waals surface area contributed by atoms with Crippen molar-refractivity contribution < 1.29 is 19.0 Å². The van der Waals surface area contributed by atoms with E-state index in [1.165, 1.54) is 5.56 Å². The standard InChI is InChI=1S/C19H19NO4/c1-12-9-13-5-3-4-6-15(13)20(12)19(21)14-10-16(22-2)18-17(11-14)23-7-8-24-18/h3-6,10-12H,7-9H2,1-2H3. The van der Waals surface area contributed by atoms with Crippen LogP contribution in [0.15, 0.2) is 36.4 Å². The number of ether oxygens (including phenoxy) is 3. The van der Waals surface area contributed by atoms with Crippen LogP contribution in [0.2, 0.25) is 0 Å². The number of carbonyl (C=O) groups excluding carboxylic acids is 1. The number of anilines is 1. The number of para-hydroxylation sites is 1. The number of fused-ring (bicyclic) bond motifs is 2. The van der Waals surface area contributed by atoms with Gasteiger partial charge in [0, 0.05) is 17.3 Å². The fourth-order valence-corrected chi connectivity index (χ4v) is 3.41. The molecule has 124 valence electrons. The molecular weight excluding hydrogens is 306 g/mol. The number of rotatable bonds is 2. The Balaban J connectivity index is 1.75. The van der Waals surface area contributed by atoms with Crippen LogP contribution in [-0.2, 0) is 6.42 Å². The summed E-state index contributed by atoms with van der Waals surface area (Å²) in [4.78, 5) is 15.0. The van der Waals surface area contributed by atoms with Crippen molar-refractivity contribution >= 4 is 11.6 Å². The molecule has 0 radical (unpaired) electrons. The average molecular weight is 325 g/mol. The Morgan fingerprint density at radius 3 is 2.83 bits per heavy atom. The number of hydrogen-bond acceptors (Lipinski definition) is 4. The lowest BCUT2D eigenvalue weighted by atomic mass is 10.1. The summed E-state index contributed by atoms with van der Waals surface area (Å²) in [5.41, 5.74) is 2.71. The van der Waals surface area contributed by atoms with E-state index < -0.39 is 0 Å². The summed E-state index contributed by atoms with van der Waals surface area (Å²) in [6, 6.07) is 11.6. The van der Waals surface area contributed by atoms with E-state index in [0.29, 0.717) is 36.0 Å². The zero-order valence-electron chi connectivity index (χ0n) is 13.7. The number of carbonyl (C=O) groups is 1. The maximum absolute atomic E-state index is 13.1. The van der Waals surface area contributed by atoms with Crippen molar-refractivity contribution in [1.29, 1.82) is 0 Å². The van der Waals surface area contributed by atoms with Gasteiger partial charge in [0.05, 0.1) is 7.11 Å². The third-order valence-corrected chi connectivity index (χ3v) is 4.50. The molecule has 4 rings (SSSR count). The molecule has 5 nitrogen and oxygen atoms in total. The zero-order chi connectivity index (χ0) is 16.7. The van der Waals surface area contributed by atoms with Crippen LogP contribution in [0.4, 0.5) is 5.69 Å². The third-order valence-electron chi connectivity index (χ3n) is 4.50. The Bertz CT molecular complexity index is 785. The van der Waals surface area contributed by atoms with Gasteiger partial charge in [-0.1, -0.05) is 18.2 Å². The summed E-state index contributed by atoms with van der Waals surface area (Å²) in [6.45, 7) is 3.01. The van der Waals surface area contributed by atoms with Gasteiger partial charge in [-0.3, -0.25) is 4.79 Å². The summed E-state index contributed by atoms with van der Waals surface area (Å²) < 4.78 is 16.6. The van der Waals surface area contributed by atoms with Crippen molar-refractivity contribution in [3.05, 3.63) is 47.5 Å². The molecule has 1 amide bonds. The van der Waals surface area contributed by atoms with E-state index in [2.05, 4.69) is 13.0 Å². The highest BCUT2D eigenvalue weighted by Gasteiger charge is 2.32. The predicted molar refractivity (Wildman–Crippen MR) is 90.4 cm³/mol. The Morgan fingerprint density at radius 2 is 2.00 bits per heavy atom. The molecule has 0 aliphatic carbocycles.